The van der Waals surface area contributed by atoms with Crippen molar-refractivity contribution in [2.45, 2.75) is 13.3 Å². The maximum absolute atomic E-state index is 11.3. The molecule has 0 spiro atoms. The van der Waals surface area contributed by atoms with Gasteiger partial charge in [0.05, 0.1) is 5.56 Å². The Labute approximate surface area is 101 Å². The molecule has 2 rings (SSSR count). The Morgan fingerprint density at radius 1 is 1.06 bits per heavy atom. The molecule has 0 aliphatic carbocycles. The maximum Gasteiger partial charge on any atom is 0.336 e. The van der Waals surface area contributed by atoms with Crippen LogP contribution in [0.25, 0.3) is 11.1 Å². The Morgan fingerprint density at radius 3 is 2.35 bits per heavy atom. The van der Waals surface area contributed by atoms with Gasteiger partial charge in [-0.05, 0) is 29.2 Å². The standard InChI is InChI=1S/C15H14O2/c1-2-11-9-6-10-13(15(16)17)14(11)12-7-4-3-5-8-12/h3-10H,2H2,1H3,(H,16,17). The topological polar surface area (TPSA) is 37.3 Å². The fraction of sp³-hybridized carbons (Fsp3) is 0.133. The normalized spacial score (nSPS) is 10.2. The summed E-state index contributed by atoms with van der Waals surface area (Å²) in [4.78, 5) is 11.3. The molecule has 0 fully saturated rings. The van der Waals surface area contributed by atoms with E-state index in [0.717, 1.165) is 23.1 Å². The quantitative estimate of drug-likeness (QED) is 0.868. The molecule has 0 saturated heterocycles. The third-order valence-electron chi connectivity index (χ3n) is 2.82. The molecule has 86 valence electrons. The van der Waals surface area contributed by atoms with Gasteiger partial charge >= 0.3 is 5.97 Å². The number of hydrogen-bond donors (Lipinski definition) is 1. The van der Waals surface area contributed by atoms with Crippen molar-refractivity contribution in [1.29, 1.82) is 0 Å². The molecule has 17 heavy (non-hydrogen) atoms. The number of carboxylic acid groups (broad SMARTS) is 1. The monoisotopic (exact) mass is 226 g/mol. The number of carbonyl (C=O) groups is 1. The average Bonchev–Trinajstić information content (AvgIpc) is 2.38. The van der Waals surface area contributed by atoms with Gasteiger partial charge in [-0.25, -0.2) is 4.79 Å². The molecule has 0 amide bonds. The van der Waals surface area contributed by atoms with E-state index in [4.69, 9.17) is 0 Å². The first-order chi connectivity index (χ1) is 8.24. The Kier molecular flexibility index (Phi) is 3.24. The van der Waals surface area contributed by atoms with E-state index in [-0.39, 0.29) is 0 Å². The van der Waals surface area contributed by atoms with Crippen LogP contribution in [-0.4, -0.2) is 11.1 Å². The summed E-state index contributed by atoms with van der Waals surface area (Å²) in [6.07, 6.45) is 0.825. The van der Waals surface area contributed by atoms with Gasteiger partial charge in [0, 0.05) is 0 Å². The SMILES string of the molecule is CCc1cccc(C(=O)O)c1-c1ccccc1. The van der Waals surface area contributed by atoms with Gasteiger partial charge in [0.1, 0.15) is 0 Å². The lowest BCUT2D eigenvalue weighted by molar-refractivity contribution is 0.0697. The number of rotatable bonds is 3. The molecule has 2 nitrogen and oxygen atoms in total. The summed E-state index contributed by atoms with van der Waals surface area (Å²) in [6.45, 7) is 2.04. The zero-order chi connectivity index (χ0) is 12.3. The van der Waals surface area contributed by atoms with Crippen molar-refractivity contribution in [3.63, 3.8) is 0 Å². The number of aryl methyl sites for hydroxylation is 1. The van der Waals surface area contributed by atoms with Crippen molar-refractivity contribution >= 4 is 5.97 Å². The van der Waals surface area contributed by atoms with Gasteiger partial charge in [0.25, 0.3) is 0 Å². The molecule has 0 heterocycles. The van der Waals surface area contributed by atoms with Crippen molar-refractivity contribution in [1.82, 2.24) is 0 Å². The van der Waals surface area contributed by atoms with E-state index in [2.05, 4.69) is 0 Å². The minimum atomic E-state index is -0.876. The van der Waals surface area contributed by atoms with Gasteiger partial charge in [-0.15, -0.1) is 0 Å². The summed E-state index contributed by atoms with van der Waals surface area (Å²) in [5.41, 5.74) is 3.23. The van der Waals surface area contributed by atoms with Crippen molar-refractivity contribution in [3.05, 3.63) is 59.7 Å². The van der Waals surface area contributed by atoms with Crippen molar-refractivity contribution in [2.24, 2.45) is 0 Å². The fourth-order valence-electron chi connectivity index (χ4n) is 2.02. The average molecular weight is 226 g/mol. The summed E-state index contributed by atoms with van der Waals surface area (Å²) >= 11 is 0. The van der Waals surface area contributed by atoms with Crippen molar-refractivity contribution in [2.75, 3.05) is 0 Å². The smallest absolute Gasteiger partial charge is 0.336 e. The van der Waals surface area contributed by atoms with Gasteiger partial charge < -0.3 is 5.11 Å². The van der Waals surface area contributed by atoms with Crippen LogP contribution in [0.3, 0.4) is 0 Å². The van der Waals surface area contributed by atoms with Crippen LogP contribution in [-0.2, 0) is 6.42 Å². The Balaban J connectivity index is 2.69. The summed E-state index contributed by atoms with van der Waals surface area (Å²) in [7, 11) is 0. The fourth-order valence-corrected chi connectivity index (χ4v) is 2.02. The number of aromatic carboxylic acids is 1. The van der Waals surface area contributed by atoms with E-state index in [1.165, 1.54) is 0 Å². The lowest BCUT2D eigenvalue weighted by Crippen LogP contribution is -2.02. The molecule has 0 aliphatic rings. The van der Waals surface area contributed by atoms with E-state index in [9.17, 15) is 9.90 Å². The van der Waals surface area contributed by atoms with Gasteiger partial charge in [-0.2, -0.15) is 0 Å². The van der Waals surface area contributed by atoms with Crippen LogP contribution in [0.15, 0.2) is 48.5 Å². The van der Waals surface area contributed by atoms with Crippen LogP contribution >= 0.6 is 0 Å². The van der Waals surface area contributed by atoms with Crippen LogP contribution in [0.4, 0.5) is 0 Å². The highest BCUT2D eigenvalue weighted by molar-refractivity contribution is 5.97. The van der Waals surface area contributed by atoms with Crippen LogP contribution in [0.1, 0.15) is 22.8 Å². The first kappa shape index (κ1) is 11.4. The van der Waals surface area contributed by atoms with E-state index in [1.54, 1.807) is 12.1 Å². The van der Waals surface area contributed by atoms with Crippen molar-refractivity contribution < 1.29 is 9.90 Å². The molecule has 0 atom stereocenters. The number of hydrogen-bond acceptors (Lipinski definition) is 1. The zero-order valence-corrected chi connectivity index (χ0v) is 9.68. The second-order valence-electron chi connectivity index (χ2n) is 3.86. The number of benzene rings is 2. The molecular formula is C15H14O2. The summed E-state index contributed by atoms with van der Waals surface area (Å²) in [6, 6.07) is 15.1. The molecule has 0 aliphatic heterocycles. The molecule has 0 radical (unpaired) electrons. The predicted molar refractivity (Wildman–Crippen MR) is 68.2 cm³/mol. The summed E-state index contributed by atoms with van der Waals surface area (Å²) in [5.74, 6) is -0.876. The molecule has 0 saturated carbocycles. The van der Waals surface area contributed by atoms with Crippen LogP contribution in [0.5, 0.6) is 0 Å². The van der Waals surface area contributed by atoms with Crippen LogP contribution < -0.4 is 0 Å². The Morgan fingerprint density at radius 2 is 1.76 bits per heavy atom. The lowest BCUT2D eigenvalue weighted by atomic mass is 9.93. The molecule has 2 aromatic carbocycles. The molecular weight excluding hydrogens is 212 g/mol. The molecule has 0 unspecified atom stereocenters. The third-order valence-corrected chi connectivity index (χ3v) is 2.82. The summed E-state index contributed by atoms with van der Waals surface area (Å²) in [5, 5.41) is 9.25. The first-order valence-electron chi connectivity index (χ1n) is 5.64. The first-order valence-corrected chi connectivity index (χ1v) is 5.64. The van der Waals surface area contributed by atoms with Gasteiger partial charge in [-0.1, -0.05) is 49.4 Å². The molecule has 2 aromatic rings. The predicted octanol–water partition coefficient (Wildman–Crippen LogP) is 3.61. The second-order valence-corrected chi connectivity index (χ2v) is 3.86. The highest BCUT2D eigenvalue weighted by Crippen LogP contribution is 2.28. The molecule has 0 aromatic heterocycles. The lowest BCUT2D eigenvalue weighted by Gasteiger charge is -2.11. The van der Waals surface area contributed by atoms with Gasteiger partial charge in [0.2, 0.25) is 0 Å². The summed E-state index contributed by atoms with van der Waals surface area (Å²) < 4.78 is 0. The van der Waals surface area contributed by atoms with E-state index >= 15 is 0 Å². The minimum absolute atomic E-state index is 0.371. The third kappa shape index (κ3) is 2.21. The highest BCUT2D eigenvalue weighted by Gasteiger charge is 2.14. The van der Waals surface area contributed by atoms with Gasteiger partial charge in [-0.3, -0.25) is 0 Å². The zero-order valence-electron chi connectivity index (χ0n) is 9.68. The Hall–Kier alpha value is -2.09. The van der Waals surface area contributed by atoms with E-state index in [0.29, 0.717) is 5.56 Å². The van der Waals surface area contributed by atoms with E-state index in [1.807, 2.05) is 43.3 Å². The molecule has 2 heteroatoms. The maximum atomic E-state index is 11.3. The van der Waals surface area contributed by atoms with Crippen LogP contribution in [0, 0.1) is 0 Å². The second kappa shape index (κ2) is 4.83. The van der Waals surface area contributed by atoms with Crippen molar-refractivity contribution in [3.8, 4) is 11.1 Å². The highest BCUT2D eigenvalue weighted by atomic mass is 16.4. The van der Waals surface area contributed by atoms with Crippen LogP contribution in [0.2, 0.25) is 0 Å². The largest absolute Gasteiger partial charge is 0.478 e. The Bertz CT molecular complexity index is 530. The van der Waals surface area contributed by atoms with Gasteiger partial charge in [0.15, 0.2) is 0 Å². The van der Waals surface area contributed by atoms with E-state index < -0.39 is 5.97 Å². The number of carboxylic acids is 1. The molecule has 1 N–H and O–H groups in total. The minimum Gasteiger partial charge on any atom is -0.478 e. The molecule has 0 bridgehead atoms.